The van der Waals surface area contributed by atoms with Gasteiger partial charge in [0.15, 0.2) is 0 Å². The van der Waals surface area contributed by atoms with Gasteiger partial charge in [0, 0.05) is 5.41 Å². The topological polar surface area (TPSA) is 43.4 Å². The third kappa shape index (κ3) is 1.65. The molecule has 3 heteroatoms. The fourth-order valence-electron chi connectivity index (χ4n) is 0.666. The van der Waals surface area contributed by atoms with Gasteiger partial charge in [-0.1, -0.05) is 13.8 Å². The Labute approximate surface area is 73.1 Å². The zero-order chi connectivity index (χ0) is 9.99. The number of hydrogen-bond acceptors (Lipinski definition) is 3. The standard InChI is InChI=1S/C9H16O3/c1-8(2,6-10)9(3,4)7(11)12-5/h6H,1-5H3. The Morgan fingerprint density at radius 3 is 1.92 bits per heavy atom. The average Bonchev–Trinajstić information content (AvgIpc) is 2.02. The minimum Gasteiger partial charge on any atom is -0.469 e. The molecule has 0 unspecified atom stereocenters. The second-order valence-electron chi connectivity index (χ2n) is 3.96. The van der Waals surface area contributed by atoms with E-state index in [1.165, 1.54) is 7.11 Å². The van der Waals surface area contributed by atoms with Crippen molar-refractivity contribution in [1.29, 1.82) is 0 Å². The molecule has 0 fully saturated rings. The van der Waals surface area contributed by atoms with E-state index < -0.39 is 10.8 Å². The van der Waals surface area contributed by atoms with Crippen molar-refractivity contribution in [2.75, 3.05) is 7.11 Å². The van der Waals surface area contributed by atoms with Crippen LogP contribution < -0.4 is 0 Å². The molecule has 0 amide bonds. The van der Waals surface area contributed by atoms with E-state index in [1.807, 2.05) is 0 Å². The van der Waals surface area contributed by atoms with E-state index in [9.17, 15) is 9.59 Å². The fourth-order valence-corrected chi connectivity index (χ4v) is 0.666. The van der Waals surface area contributed by atoms with Crippen LogP contribution in [0.1, 0.15) is 27.7 Å². The molecular weight excluding hydrogens is 156 g/mol. The Kier molecular flexibility index (Phi) is 3.02. The van der Waals surface area contributed by atoms with Crippen LogP contribution in [-0.4, -0.2) is 19.4 Å². The SMILES string of the molecule is COC(=O)C(C)(C)C(C)(C)C=O. The van der Waals surface area contributed by atoms with E-state index in [2.05, 4.69) is 4.74 Å². The molecule has 0 heterocycles. The van der Waals surface area contributed by atoms with Crippen molar-refractivity contribution in [2.24, 2.45) is 10.8 Å². The minimum atomic E-state index is -0.774. The number of carbonyl (C=O) groups excluding carboxylic acids is 2. The maximum Gasteiger partial charge on any atom is 0.312 e. The molecule has 0 radical (unpaired) electrons. The summed E-state index contributed by atoms with van der Waals surface area (Å²) in [6.45, 7) is 6.84. The van der Waals surface area contributed by atoms with Gasteiger partial charge in [0.2, 0.25) is 0 Å². The Morgan fingerprint density at radius 1 is 1.25 bits per heavy atom. The summed E-state index contributed by atoms with van der Waals surface area (Å²) in [4.78, 5) is 21.9. The van der Waals surface area contributed by atoms with Gasteiger partial charge in [-0.05, 0) is 13.8 Å². The molecule has 0 aliphatic rings. The van der Waals surface area contributed by atoms with Gasteiger partial charge in [0.1, 0.15) is 6.29 Å². The fraction of sp³-hybridized carbons (Fsp3) is 0.778. The molecule has 70 valence electrons. The molecule has 0 saturated heterocycles. The van der Waals surface area contributed by atoms with Crippen molar-refractivity contribution >= 4 is 12.3 Å². The summed E-state index contributed by atoms with van der Waals surface area (Å²) >= 11 is 0. The monoisotopic (exact) mass is 172 g/mol. The molecule has 0 aliphatic heterocycles. The first-order valence-electron chi connectivity index (χ1n) is 3.84. The Morgan fingerprint density at radius 2 is 1.67 bits per heavy atom. The normalized spacial score (nSPS) is 12.4. The summed E-state index contributed by atoms with van der Waals surface area (Å²) < 4.78 is 4.61. The lowest BCUT2D eigenvalue weighted by Gasteiger charge is -2.34. The van der Waals surface area contributed by atoms with E-state index in [1.54, 1.807) is 27.7 Å². The first-order chi connectivity index (χ1) is 5.29. The first-order valence-corrected chi connectivity index (χ1v) is 3.84. The molecule has 12 heavy (non-hydrogen) atoms. The van der Waals surface area contributed by atoms with Gasteiger partial charge in [-0.3, -0.25) is 4.79 Å². The summed E-state index contributed by atoms with van der Waals surface area (Å²) in [5.41, 5.74) is -1.47. The lowest BCUT2D eigenvalue weighted by atomic mass is 9.69. The third-order valence-corrected chi connectivity index (χ3v) is 2.60. The highest BCUT2D eigenvalue weighted by Crippen LogP contribution is 2.37. The molecule has 0 N–H and O–H groups in total. The Hall–Kier alpha value is -0.860. The molecule has 0 spiro atoms. The zero-order valence-electron chi connectivity index (χ0n) is 8.30. The predicted molar refractivity (Wildman–Crippen MR) is 45.6 cm³/mol. The summed E-state index contributed by atoms with van der Waals surface area (Å²) in [5, 5.41) is 0. The molecule has 0 saturated carbocycles. The highest BCUT2D eigenvalue weighted by Gasteiger charge is 2.44. The predicted octanol–water partition coefficient (Wildman–Crippen LogP) is 1.41. The van der Waals surface area contributed by atoms with Crippen LogP contribution in [0.15, 0.2) is 0 Å². The van der Waals surface area contributed by atoms with Crippen molar-refractivity contribution in [3.8, 4) is 0 Å². The molecule has 0 aromatic heterocycles. The third-order valence-electron chi connectivity index (χ3n) is 2.60. The zero-order valence-corrected chi connectivity index (χ0v) is 8.30. The van der Waals surface area contributed by atoms with Crippen LogP contribution in [0.2, 0.25) is 0 Å². The minimum absolute atomic E-state index is 0.361. The maximum atomic E-state index is 11.3. The van der Waals surface area contributed by atoms with Crippen LogP contribution >= 0.6 is 0 Å². The number of esters is 1. The summed E-state index contributed by atoms with van der Waals surface area (Å²) in [5.74, 6) is -0.361. The van der Waals surface area contributed by atoms with Crippen LogP contribution in [0.5, 0.6) is 0 Å². The number of methoxy groups -OCH3 is 1. The van der Waals surface area contributed by atoms with Crippen LogP contribution in [0.3, 0.4) is 0 Å². The van der Waals surface area contributed by atoms with E-state index in [0.29, 0.717) is 0 Å². The lowest BCUT2D eigenvalue weighted by Crippen LogP contribution is -2.41. The van der Waals surface area contributed by atoms with Crippen molar-refractivity contribution < 1.29 is 14.3 Å². The quantitative estimate of drug-likeness (QED) is 0.477. The first kappa shape index (κ1) is 11.1. The van der Waals surface area contributed by atoms with Crippen molar-refractivity contribution in [3.63, 3.8) is 0 Å². The molecular formula is C9H16O3. The van der Waals surface area contributed by atoms with Gasteiger partial charge in [-0.25, -0.2) is 0 Å². The van der Waals surface area contributed by atoms with E-state index >= 15 is 0 Å². The number of ether oxygens (including phenoxy) is 1. The second-order valence-corrected chi connectivity index (χ2v) is 3.96. The molecule has 3 nitrogen and oxygen atoms in total. The number of aldehydes is 1. The Bertz CT molecular complexity index is 192. The van der Waals surface area contributed by atoms with Gasteiger partial charge in [-0.2, -0.15) is 0 Å². The molecule has 0 aromatic carbocycles. The molecule has 0 bridgehead atoms. The van der Waals surface area contributed by atoms with E-state index in [-0.39, 0.29) is 5.97 Å². The van der Waals surface area contributed by atoms with Crippen LogP contribution in [0, 0.1) is 10.8 Å². The van der Waals surface area contributed by atoms with E-state index in [0.717, 1.165) is 6.29 Å². The lowest BCUT2D eigenvalue weighted by molar-refractivity contribution is -0.159. The highest BCUT2D eigenvalue weighted by atomic mass is 16.5. The Balaban J connectivity index is 4.83. The largest absolute Gasteiger partial charge is 0.469 e. The van der Waals surface area contributed by atoms with Gasteiger partial charge in [-0.15, -0.1) is 0 Å². The highest BCUT2D eigenvalue weighted by molar-refractivity contribution is 5.81. The second kappa shape index (κ2) is 3.25. The van der Waals surface area contributed by atoms with Crippen molar-refractivity contribution in [1.82, 2.24) is 0 Å². The molecule has 0 aliphatic carbocycles. The summed E-state index contributed by atoms with van der Waals surface area (Å²) in [6, 6.07) is 0. The molecule has 0 atom stereocenters. The van der Waals surface area contributed by atoms with Crippen LogP contribution in [-0.2, 0) is 14.3 Å². The van der Waals surface area contributed by atoms with Gasteiger partial charge in [0.25, 0.3) is 0 Å². The van der Waals surface area contributed by atoms with Crippen LogP contribution in [0.25, 0.3) is 0 Å². The van der Waals surface area contributed by atoms with Gasteiger partial charge < -0.3 is 9.53 Å². The van der Waals surface area contributed by atoms with Gasteiger partial charge in [0.05, 0.1) is 12.5 Å². The number of rotatable bonds is 3. The van der Waals surface area contributed by atoms with Crippen molar-refractivity contribution in [3.05, 3.63) is 0 Å². The van der Waals surface area contributed by atoms with Gasteiger partial charge >= 0.3 is 5.97 Å². The average molecular weight is 172 g/mol. The molecule has 0 aromatic rings. The molecule has 0 rings (SSSR count). The number of carbonyl (C=O) groups is 2. The summed E-state index contributed by atoms with van der Waals surface area (Å²) in [7, 11) is 1.32. The van der Waals surface area contributed by atoms with Crippen LogP contribution in [0.4, 0.5) is 0 Å². The van der Waals surface area contributed by atoms with Crippen molar-refractivity contribution in [2.45, 2.75) is 27.7 Å². The smallest absolute Gasteiger partial charge is 0.312 e. The number of hydrogen-bond donors (Lipinski definition) is 0. The van der Waals surface area contributed by atoms with E-state index in [4.69, 9.17) is 0 Å². The summed E-state index contributed by atoms with van der Waals surface area (Å²) in [6.07, 6.45) is 0.782. The maximum absolute atomic E-state index is 11.3.